The number of ether oxygens (including phenoxy) is 3. The standard InChI is InChI=1S/C14H19NO6/c1-11(16)13-10-12(15(17)18)4-5-14(13)21-9-8-20-7-3-6-19-2/h4-5,10H,3,6-9H2,1-2H3. The number of non-ortho nitro benzene ring substituents is 1. The Morgan fingerprint density at radius 3 is 2.62 bits per heavy atom. The Bertz CT molecular complexity index is 488. The molecule has 116 valence electrons. The molecule has 0 heterocycles. The minimum Gasteiger partial charge on any atom is -0.490 e. The number of Topliss-reactive ketones (excluding diaryl/α,β-unsaturated/α-hetero) is 1. The Balaban J connectivity index is 2.51. The third kappa shape index (κ3) is 5.88. The summed E-state index contributed by atoms with van der Waals surface area (Å²) in [6.45, 7) is 3.19. The van der Waals surface area contributed by atoms with Crippen LogP contribution in [0.15, 0.2) is 18.2 Å². The molecule has 0 aliphatic heterocycles. The first-order valence-electron chi connectivity index (χ1n) is 6.55. The highest BCUT2D eigenvalue weighted by molar-refractivity contribution is 5.97. The number of nitro benzene ring substituents is 1. The van der Waals surface area contributed by atoms with Gasteiger partial charge in [-0.05, 0) is 19.4 Å². The lowest BCUT2D eigenvalue weighted by Crippen LogP contribution is -2.10. The van der Waals surface area contributed by atoms with E-state index in [0.29, 0.717) is 25.6 Å². The molecular formula is C14H19NO6. The van der Waals surface area contributed by atoms with Gasteiger partial charge in [0, 0.05) is 32.5 Å². The molecular weight excluding hydrogens is 278 g/mol. The molecule has 1 aromatic carbocycles. The quantitative estimate of drug-likeness (QED) is 0.285. The minimum absolute atomic E-state index is 0.136. The fraction of sp³-hybridized carbons (Fsp3) is 0.500. The molecule has 0 unspecified atom stereocenters. The van der Waals surface area contributed by atoms with E-state index in [4.69, 9.17) is 14.2 Å². The van der Waals surface area contributed by atoms with Crippen LogP contribution < -0.4 is 4.74 Å². The van der Waals surface area contributed by atoms with Gasteiger partial charge in [0.25, 0.3) is 5.69 Å². The number of hydrogen-bond donors (Lipinski definition) is 0. The van der Waals surface area contributed by atoms with E-state index < -0.39 is 4.92 Å². The van der Waals surface area contributed by atoms with Crippen LogP contribution in [0.2, 0.25) is 0 Å². The lowest BCUT2D eigenvalue weighted by Gasteiger charge is -2.10. The van der Waals surface area contributed by atoms with Crippen molar-refractivity contribution in [1.29, 1.82) is 0 Å². The fourth-order valence-corrected chi connectivity index (χ4v) is 1.65. The number of rotatable bonds is 10. The molecule has 1 aromatic rings. The second-order valence-electron chi connectivity index (χ2n) is 4.30. The summed E-state index contributed by atoms with van der Waals surface area (Å²) < 4.78 is 15.6. The summed E-state index contributed by atoms with van der Waals surface area (Å²) in [7, 11) is 1.63. The number of carbonyl (C=O) groups is 1. The maximum absolute atomic E-state index is 11.5. The zero-order valence-electron chi connectivity index (χ0n) is 12.2. The van der Waals surface area contributed by atoms with Crippen LogP contribution in [0.25, 0.3) is 0 Å². The van der Waals surface area contributed by atoms with Gasteiger partial charge < -0.3 is 14.2 Å². The molecule has 0 aromatic heterocycles. The van der Waals surface area contributed by atoms with Gasteiger partial charge in [0.2, 0.25) is 0 Å². The Kier molecular flexibility index (Phi) is 7.34. The smallest absolute Gasteiger partial charge is 0.270 e. The van der Waals surface area contributed by atoms with Gasteiger partial charge in [0.1, 0.15) is 12.4 Å². The summed E-state index contributed by atoms with van der Waals surface area (Å²) in [6, 6.07) is 3.96. The van der Waals surface area contributed by atoms with E-state index in [1.54, 1.807) is 7.11 Å². The van der Waals surface area contributed by atoms with E-state index >= 15 is 0 Å². The second-order valence-corrected chi connectivity index (χ2v) is 4.30. The summed E-state index contributed by atoms with van der Waals surface area (Å²) in [5.74, 6) is 0.0447. The van der Waals surface area contributed by atoms with E-state index in [-0.39, 0.29) is 23.6 Å². The van der Waals surface area contributed by atoms with Gasteiger partial charge >= 0.3 is 0 Å². The average Bonchev–Trinajstić information content (AvgIpc) is 2.46. The van der Waals surface area contributed by atoms with Crippen molar-refractivity contribution in [2.75, 3.05) is 33.5 Å². The van der Waals surface area contributed by atoms with E-state index in [9.17, 15) is 14.9 Å². The Hall–Kier alpha value is -1.99. The van der Waals surface area contributed by atoms with E-state index in [0.717, 1.165) is 6.42 Å². The lowest BCUT2D eigenvalue weighted by molar-refractivity contribution is -0.384. The summed E-state index contributed by atoms with van der Waals surface area (Å²) in [5, 5.41) is 10.7. The van der Waals surface area contributed by atoms with Crippen molar-refractivity contribution in [3.8, 4) is 5.75 Å². The number of ketones is 1. The van der Waals surface area contributed by atoms with Crippen LogP contribution in [-0.4, -0.2) is 44.2 Å². The third-order valence-electron chi connectivity index (χ3n) is 2.68. The van der Waals surface area contributed by atoms with Gasteiger partial charge in [0.15, 0.2) is 5.78 Å². The van der Waals surface area contributed by atoms with Gasteiger partial charge in [0.05, 0.1) is 17.1 Å². The number of nitro groups is 1. The van der Waals surface area contributed by atoms with Crippen LogP contribution in [0.1, 0.15) is 23.7 Å². The number of nitrogens with zero attached hydrogens (tertiary/aromatic N) is 1. The lowest BCUT2D eigenvalue weighted by atomic mass is 10.1. The first-order valence-corrected chi connectivity index (χ1v) is 6.55. The van der Waals surface area contributed by atoms with Gasteiger partial charge in [-0.3, -0.25) is 14.9 Å². The van der Waals surface area contributed by atoms with Crippen molar-refractivity contribution in [1.82, 2.24) is 0 Å². The fourth-order valence-electron chi connectivity index (χ4n) is 1.65. The molecule has 7 heteroatoms. The molecule has 0 saturated heterocycles. The van der Waals surface area contributed by atoms with Gasteiger partial charge in [-0.25, -0.2) is 0 Å². The summed E-state index contributed by atoms with van der Waals surface area (Å²) >= 11 is 0. The molecule has 0 spiro atoms. The first-order chi connectivity index (χ1) is 10.1. The van der Waals surface area contributed by atoms with Crippen molar-refractivity contribution in [2.45, 2.75) is 13.3 Å². The maximum atomic E-state index is 11.5. The van der Waals surface area contributed by atoms with Crippen molar-refractivity contribution in [3.63, 3.8) is 0 Å². The van der Waals surface area contributed by atoms with Crippen molar-refractivity contribution in [2.24, 2.45) is 0 Å². The molecule has 0 N–H and O–H groups in total. The topological polar surface area (TPSA) is 87.9 Å². The predicted octanol–water partition coefficient (Wildman–Crippen LogP) is 2.23. The monoisotopic (exact) mass is 297 g/mol. The highest BCUT2D eigenvalue weighted by Crippen LogP contribution is 2.24. The molecule has 0 fully saturated rings. The van der Waals surface area contributed by atoms with Gasteiger partial charge in [-0.15, -0.1) is 0 Å². The average molecular weight is 297 g/mol. The third-order valence-corrected chi connectivity index (χ3v) is 2.68. The molecule has 7 nitrogen and oxygen atoms in total. The van der Waals surface area contributed by atoms with Crippen LogP contribution in [0.4, 0.5) is 5.69 Å². The Morgan fingerprint density at radius 1 is 1.24 bits per heavy atom. The van der Waals surface area contributed by atoms with Crippen molar-refractivity contribution >= 4 is 11.5 Å². The van der Waals surface area contributed by atoms with Crippen LogP contribution in [0.3, 0.4) is 0 Å². The molecule has 0 aliphatic rings. The normalized spacial score (nSPS) is 10.4. The zero-order valence-corrected chi connectivity index (χ0v) is 12.2. The SMILES string of the molecule is COCCCOCCOc1ccc([N+](=O)[O-])cc1C(C)=O. The molecule has 0 atom stereocenters. The molecule has 21 heavy (non-hydrogen) atoms. The van der Waals surface area contributed by atoms with E-state index in [2.05, 4.69) is 0 Å². The Labute approximate surface area is 123 Å². The summed E-state index contributed by atoms with van der Waals surface area (Å²) in [4.78, 5) is 21.6. The predicted molar refractivity (Wildman–Crippen MR) is 75.9 cm³/mol. The second kappa shape index (κ2) is 9.04. The molecule has 0 aliphatic carbocycles. The number of methoxy groups -OCH3 is 1. The van der Waals surface area contributed by atoms with E-state index in [1.165, 1.54) is 25.1 Å². The minimum atomic E-state index is -0.546. The highest BCUT2D eigenvalue weighted by Gasteiger charge is 2.14. The summed E-state index contributed by atoms with van der Waals surface area (Å²) in [6.07, 6.45) is 0.798. The zero-order chi connectivity index (χ0) is 15.7. The van der Waals surface area contributed by atoms with Gasteiger partial charge in [-0.2, -0.15) is 0 Å². The highest BCUT2D eigenvalue weighted by atomic mass is 16.6. The van der Waals surface area contributed by atoms with Crippen LogP contribution in [0, 0.1) is 10.1 Å². The summed E-state index contributed by atoms with van der Waals surface area (Å²) in [5.41, 5.74) is 0.0620. The van der Waals surface area contributed by atoms with Crippen molar-refractivity contribution < 1.29 is 23.9 Å². The molecule has 0 radical (unpaired) electrons. The molecule has 0 amide bonds. The Morgan fingerprint density at radius 2 is 2.00 bits per heavy atom. The largest absolute Gasteiger partial charge is 0.490 e. The maximum Gasteiger partial charge on any atom is 0.270 e. The number of carbonyl (C=O) groups excluding carboxylic acids is 1. The van der Waals surface area contributed by atoms with Crippen LogP contribution in [0.5, 0.6) is 5.75 Å². The molecule has 1 rings (SSSR count). The number of benzene rings is 1. The van der Waals surface area contributed by atoms with Gasteiger partial charge in [-0.1, -0.05) is 0 Å². The molecule has 0 saturated carbocycles. The van der Waals surface area contributed by atoms with Crippen LogP contribution >= 0.6 is 0 Å². The molecule has 0 bridgehead atoms. The van der Waals surface area contributed by atoms with Crippen LogP contribution in [-0.2, 0) is 9.47 Å². The van der Waals surface area contributed by atoms with Crippen molar-refractivity contribution in [3.05, 3.63) is 33.9 Å². The number of hydrogen-bond acceptors (Lipinski definition) is 6. The first kappa shape index (κ1) is 17.1. The van der Waals surface area contributed by atoms with E-state index in [1.807, 2.05) is 0 Å².